The van der Waals surface area contributed by atoms with E-state index in [-0.39, 0.29) is 11.2 Å². The minimum absolute atomic E-state index is 0.0703. The molecule has 3 aromatic carbocycles. The second-order valence-corrected chi connectivity index (χ2v) is 8.64. The Morgan fingerprint density at radius 3 is 2.42 bits per heavy atom. The first-order valence-corrected chi connectivity index (χ1v) is 11.8. The Labute approximate surface area is 212 Å². The van der Waals surface area contributed by atoms with Gasteiger partial charge in [0.2, 0.25) is 0 Å². The zero-order valence-corrected chi connectivity index (χ0v) is 20.5. The Morgan fingerprint density at radius 2 is 1.78 bits per heavy atom. The molecule has 2 amide bonds. The van der Waals surface area contributed by atoms with Crippen molar-refractivity contribution in [1.29, 1.82) is 0 Å². The predicted molar refractivity (Wildman–Crippen MR) is 140 cm³/mol. The van der Waals surface area contributed by atoms with E-state index in [1.807, 2.05) is 13.8 Å². The van der Waals surface area contributed by atoms with Crippen LogP contribution in [0, 0.1) is 10.1 Å². The van der Waals surface area contributed by atoms with Crippen LogP contribution in [0.3, 0.4) is 0 Å². The van der Waals surface area contributed by atoms with Gasteiger partial charge in [-0.15, -0.1) is 0 Å². The molecule has 36 heavy (non-hydrogen) atoms. The molecule has 0 aliphatic rings. The molecule has 0 saturated carbocycles. The normalized spacial score (nSPS) is 11.8. The number of hydrogen-bond acceptors (Lipinski definition) is 5. The van der Waals surface area contributed by atoms with Crippen LogP contribution in [0.25, 0.3) is 16.6 Å². The van der Waals surface area contributed by atoms with Crippen molar-refractivity contribution in [3.63, 3.8) is 0 Å². The maximum Gasteiger partial charge on any atom is 0.322 e. The zero-order valence-electron chi connectivity index (χ0n) is 19.7. The number of hydrogen-bond donors (Lipinski definition) is 1. The van der Waals surface area contributed by atoms with Crippen LogP contribution in [0.1, 0.15) is 32.1 Å². The van der Waals surface area contributed by atoms with Crippen molar-refractivity contribution in [3.8, 4) is 5.69 Å². The Morgan fingerprint density at radius 1 is 1.11 bits per heavy atom. The molecule has 4 aromatic rings. The van der Waals surface area contributed by atoms with Crippen molar-refractivity contribution in [2.24, 2.45) is 0 Å². The minimum Gasteiger partial charge on any atom is -0.315 e. The molecule has 0 fully saturated rings. The van der Waals surface area contributed by atoms with Crippen LogP contribution in [0.4, 0.5) is 16.2 Å². The fourth-order valence-electron chi connectivity index (χ4n) is 3.98. The van der Waals surface area contributed by atoms with Gasteiger partial charge in [-0.2, -0.15) is 0 Å². The fraction of sp³-hybridized carbons (Fsp3) is 0.192. The van der Waals surface area contributed by atoms with Gasteiger partial charge in [-0.25, -0.2) is 9.78 Å². The SMILES string of the molecule is CCCN(C(=O)Nc1ccc([N+](=O)[O-])cc1)C(C)c1nc2ccccc2c(=O)n1-c1ccc(Cl)cc1. The lowest BCUT2D eigenvalue weighted by molar-refractivity contribution is -0.384. The molecule has 0 radical (unpaired) electrons. The van der Waals surface area contributed by atoms with E-state index in [2.05, 4.69) is 5.32 Å². The lowest BCUT2D eigenvalue weighted by atomic mass is 10.2. The van der Waals surface area contributed by atoms with Crippen LogP contribution in [0.5, 0.6) is 0 Å². The summed E-state index contributed by atoms with van der Waals surface area (Å²) in [5, 5.41) is 14.7. The van der Waals surface area contributed by atoms with Gasteiger partial charge in [-0.1, -0.05) is 30.7 Å². The van der Waals surface area contributed by atoms with Gasteiger partial charge in [0, 0.05) is 29.4 Å². The Kier molecular flexibility index (Phi) is 7.30. The third-order valence-corrected chi connectivity index (χ3v) is 6.03. The van der Waals surface area contributed by atoms with Crippen molar-refractivity contribution in [2.45, 2.75) is 26.3 Å². The zero-order chi connectivity index (χ0) is 25.8. The first-order valence-electron chi connectivity index (χ1n) is 11.4. The van der Waals surface area contributed by atoms with E-state index in [1.165, 1.54) is 28.8 Å². The maximum absolute atomic E-state index is 13.6. The lowest BCUT2D eigenvalue weighted by Crippen LogP contribution is -2.40. The number of carbonyl (C=O) groups is 1. The predicted octanol–water partition coefficient (Wildman–Crippen LogP) is 5.95. The molecule has 0 aliphatic carbocycles. The highest BCUT2D eigenvalue weighted by Gasteiger charge is 2.26. The monoisotopic (exact) mass is 505 g/mol. The van der Waals surface area contributed by atoms with Crippen LogP contribution in [-0.4, -0.2) is 32.0 Å². The smallest absolute Gasteiger partial charge is 0.315 e. The summed E-state index contributed by atoms with van der Waals surface area (Å²) in [6.45, 7) is 4.15. The van der Waals surface area contributed by atoms with Gasteiger partial charge >= 0.3 is 6.03 Å². The quantitative estimate of drug-likeness (QED) is 0.246. The number of amides is 2. The first kappa shape index (κ1) is 24.9. The molecule has 9 nitrogen and oxygen atoms in total. The topological polar surface area (TPSA) is 110 Å². The number of aromatic nitrogens is 2. The van der Waals surface area contributed by atoms with Crippen LogP contribution in [0.2, 0.25) is 5.02 Å². The van der Waals surface area contributed by atoms with Gasteiger partial charge in [0.25, 0.3) is 11.2 Å². The van der Waals surface area contributed by atoms with Gasteiger partial charge in [0.15, 0.2) is 0 Å². The fourth-order valence-corrected chi connectivity index (χ4v) is 4.11. The number of carbonyl (C=O) groups excluding carboxylic acids is 1. The van der Waals surface area contributed by atoms with Gasteiger partial charge in [-0.3, -0.25) is 19.5 Å². The number of nitrogens with one attached hydrogen (secondary N) is 1. The van der Waals surface area contributed by atoms with E-state index in [1.54, 1.807) is 53.4 Å². The number of halogens is 1. The Bertz CT molecular complexity index is 1470. The highest BCUT2D eigenvalue weighted by atomic mass is 35.5. The van der Waals surface area contributed by atoms with E-state index < -0.39 is 17.0 Å². The number of urea groups is 1. The third-order valence-electron chi connectivity index (χ3n) is 5.78. The van der Waals surface area contributed by atoms with E-state index in [4.69, 9.17) is 16.6 Å². The first-order chi connectivity index (χ1) is 17.3. The average molecular weight is 506 g/mol. The second-order valence-electron chi connectivity index (χ2n) is 8.21. The van der Waals surface area contributed by atoms with Crippen LogP contribution in [0.15, 0.2) is 77.6 Å². The summed E-state index contributed by atoms with van der Waals surface area (Å²) < 4.78 is 1.51. The summed E-state index contributed by atoms with van der Waals surface area (Å²) in [4.78, 5) is 43.7. The summed E-state index contributed by atoms with van der Waals surface area (Å²) in [6.07, 6.45) is 0.663. The molecular formula is C26H24ClN5O4. The van der Waals surface area contributed by atoms with E-state index >= 15 is 0 Å². The molecule has 0 bridgehead atoms. The summed E-state index contributed by atoms with van der Waals surface area (Å²) in [5.41, 5.74) is 1.20. The lowest BCUT2D eigenvalue weighted by Gasteiger charge is -2.30. The summed E-state index contributed by atoms with van der Waals surface area (Å²) in [5.74, 6) is 0.397. The van der Waals surface area contributed by atoms with E-state index in [9.17, 15) is 19.7 Å². The second kappa shape index (κ2) is 10.6. The molecule has 10 heteroatoms. The number of anilines is 1. The van der Waals surface area contributed by atoms with Crippen LogP contribution in [-0.2, 0) is 0 Å². The molecule has 1 atom stereocenters. The molecule has 0 spiro atoms. The third kappa shape index (κ3) is 5.06. The number of rotatable bonds is 7. The molecule has 4 rings (SSSR count). The number of nitro benzene ring substituents is 1. The van der Waals surface area contributed by atoms with Gasteiger partial charge in [0.1, 0.15) is 5.82 Å². The van der Waals surface area contributed by atoms with Crippen molar-refractivity contribution >= 4 is 39.9 Å². The van der Waals surface area contributed by atoms with Crippen molar-refractivity contribution in [2.75, 3.05) is 11.9 Å². The summed E-state index contributed by atoms with van der Waals surface area (Å²) in [6, 6.07) is 18.5. The van der Waals surface area contributed by atoms with E-state index in [0.717, 1.165) is 0 Å². The highest BCUT2D eigenvalue weighted by molar-refractivity contribution is 6.30. The molecule has 1 N–H and O–H groups in total. The summed E-state index contributed by atoms with van der Waals surface area (Å²) in [7, 11) is 0. The number of nitrogens with zero attached hydrogens (tertiary/aromatic N) is 4. The van der Waals surface area contributed by atoms with Crippen LogP contribution >= 0.6 is 11.6 Å². The number of para-hydroxylation sites is 1. The highest BCUT2D eigenvalue weighted by Crippen LogP contribution is 2.25. The molecule has 0 aliphatic heterocycles. The number of benzene rings is 3. The van der Waals surface area contributed by atoms with Crippen LogP contribution < -0.4 is 10.9 Å². The van der Waals surface area contributed by atoms with Gasteiger partial charge in [-0.05, 0) is 61.9 Å². The van der Waals surface area contributed by atoms with Crippen molar-refractivity contribution < 1.29 is 9.72 Å². The molecule has 0 saturated heterocycles. The maximum atomic E-state index is 13.6. The van der Waals surface area contributed by atoms with Crippen molar-refractivity contribution in [1.82, 2.24) is 14.5 Å². The number of fused-ring (bicyclic) bond motifs is 1. The Hall–Kier alpha value is -4.24. The number of non-ortho nitro benzene ring substituents is 1. The summed E-state index contributed by atoms with van der Waals surface area (Å²) >= 11 is 6.07. The standard InChI is InChI=1S/C26H24ClN5O4/c1-3-16-30(26(34)28-19-10-14-21(15-11-19)32(35)36)17(2)24-29-23-7-5-4-6-22(23)25(33)31(24)20-12-8-18(27)9-13-20/h4-15,17H,3,16H2,1-2H3,(H,28,34). The largest absolute Gasteiger partial charge is 0.322 e. The molecular weight excluding hydrogens is 482 g/mol. The van der Waals surface area contributed by atoms with Crippen molar-refractivity contribution in [3.05, 3.63) is 104 Å². The molecule has 1 aromatic heterocycles. The Balaban J connectivity index is 1.77. The van der Waals surface area contributed by atoms with Gasteiger partial charge < -0.3 is 10.2 Å². The minimum atomic E-state index is -0.587. The molecule has 1 unspecified atom stereocenters. The molecule has 184 valence electrons. The average Bonchev–Trinajstić information content (AvgIpc) is 2.88. The number of nitro groups is 1. The van der Waals surface area contributed by atoms with Gasteiger partial charge in [0.05, 0.1) is 27.6 Å². The van der Waals surface area contributed by atoms with E-state index in [0.29, 0.717) is 46.1 Å². The molecule has 1 heterocycles.